The molecule has 0 fully saturated rings. The van der Waals surface area contributed by atoms with E-state index in [4.69, 9.17) is 4.74 Å². The van der Waals surface area contributed by atoms with E-state index in [2.05, 4.69) is 34.3 Å². The molecular formula is C20H27N3O2. The van der Waals surface area contributed by atoms with Crippen LogP contribution in [0.5, 0.6) is 5.75 Å². The van der Waals surface area contributed by atoms with E-state index in [1.54, 1.807) is 0 Å². The van der Waals surface area contributed by atoms with Crippen LogP contribution in [-0.2, 0) is 4.79 Å². The highest BCUT2D eigenvalue weighted by Crippen LogP contribution is 2.26. The fourth-order valence-electron chi connectivity index (χ4n) is 2.82. The lowest BCUT2D eigenvalue weighted by atomic mass is 10.0. The molecule has 1 aromatic carbocycles. The molecule has 1 N–H and O–H groups in total. The summed E-state index contributed by atoms with van der Waals surface area (Å²) < 4.78 is 5.21. The first kappa shape index (κ1) is 18.9. The first-order valence-corrected chi connectivity index (χ1v) is 8.86. The van der Waals surface area contributed by atoms with Crippen molar-refractivity contribution in [3.63, 3.8) is 0 Å². The second-order valence-electron chi connectivity index (χ2n) is 6.24. The molecule has 0 amide bonds. The van der Waals surface area contributed by atoms with Crippen LogP contribution in [-0.4, -0.2) is 15.9 Å². The molecule has 25 heavy (non-hydrogen) atoms. The van der Waals surface area contributed by atoms with Gasteiger partial charge in [0.2, 0.25) is 5.95 Å². The Morgan fingerprint density at radius 2 is 1.76 bits per heavy atom. The number of rotatable bonds is 8. The molecule has 0 spiro atoms. The van der Waals surface area contributed by atoms with Crippen LogP contribution in [0.25, 0.3) is 0 Å². The molecule has 5 heteroatoms. The highest BCUT2D eigenvalue weighted by Gasteiger charge is 2.16. The molecule has 0 aliphatic rings. The van der Waals surface area contributed by atoms with Crippen molar-refractivity contribution >= 4 is 11.9 Å². The van der Waals surface area contributed by atoms with Gasteiger partial charge in [-0.3, -0.25) is 4.79 Å². The van der Waals surface area contributed by atoms with E-state index in [-0.39, 0.29) is 12.0 Å². The Bertz CT molecular complexity index is 678. The first-order chi connectivity index (χ1) is 12.0. The van der Waals surface area contributed by atoms with E-state index in [0.29, 0.717) is 23.1 Å². The number of esters is 1. The molecule has 1 atom stereocenters. The molecule has 2 aromatic rings. The second kappa shape index (κ2) is 9.16. The quantitative estimate of drug-likeness (QED) is 0.554. The molecule has 134 valence electrons. The molecule has 1 aromatic heterocycles. The van der Waals surface area contributed by atoms with E-state index in [1.807, 2.05) is 32.0 Å². The van der Waals surface area contributed by atoms with Gasteiger partial charge in [-0.1, -0.05) is 56.5 Å². The number of ether oxygens (including phenoxy) is 1. The Kier molecular flexibility index (Phi) is 6.92. The predicted octanol–water partition coefficient (Wildman–Crippen LogP) is 4.75. The largest absolute Gasteiger partial charge is 0.423 e. The number of nitrogens with zero attached hydrogens (tertiary/aromatic N) is 2. The highest BCUT2D eigenvalue weighted by atomic mass is 16.5. The Morgan fingerprint density at radius 1 is 1.12 bits per heavy atom. The van der Waals surface area contributed by atoms with Crippen LogP contribution in [0.3, 0.4) is 0 Å². The second-order valence-corrected chi connectivity index (χ2v) is 6.24. The van der Waals surface area contributed by atoms with Crippen molar-refractivity contribution in [2.75, 3.05) is 5.32 Å². The van der Waals surface area contributed by atoms with Crippen LogP contribution in [0.4, 0.5) is 5.95 Å². The lowest BCUT2D eigenvalue weighted by Crippen LogP contribution is -2.15. The standard InChI is InChI=1S/C20H27N3O2/c1-5-6-8-13-18(17-11-9-7-10-12-17)23-20-21-14(2)19(15(3)22-20)25-16(4)24/h7,9-12,18H,5-6,8,13H2,1-4H3,(H,21,22,23). The van der Waals surface area contributed by atoms with Gasteiger partial charge in [0, 0.05) is 6.92 Å². The van der Waals surface area contributed by atoms with Crippen molar-refractivity contribution in [1.82, 2.24) is 9.97 Å². The number of hydrogen-bond donors (Lipinski definition) is 1. The third kappa shape index (κ3) is 5.55. The van der Waals surface area contributed by atoms with Gasteiger partial charge in [0.05, 0.1) is 17.4 Å². The molecule has 0 aliphatic carbocycles. The SMILES string of the molecule is CCCCCC(Nc1nc(C)c(OC(C)=O)c(C)n1)c1ccccc1. The fourth-order valence-corrected chi connectivity index (χ4v) is 2.82. The van der Waals surface area contributed by atoms with E-state index in [0.717, 1.165) is 12.8 Å². The number of hydrogen-bond acceptors (Lipinski definition) is 5. The van der Waals surface area contributed by atoms with Crippen molar-refractivity contribution in [2.45, 2.75) is 59.4 Å². The smallest absolute Gasteiger partial charge is 0.308 e. The van der Waals surface area contributed by atoms with E-state index in [1.165, 1.54) is 25.3 Å². The van der Waals surface area contributed by atoms with Gasteiger partial charge in [-0.2, -0.15) is 0 Å². The Morgan fingerprint density at radius 3 is 2.32 bits per heavy atom. The van der Waals surface area contributed by atoms with Crippen LogP contribution >= 0.6 is 0 Å². The van der Waals surface area contributed by atoms with Gasteiger partial charge >= 0.3 is 5.97 Å². The predicted molar refractivity (Wildman–Crippen MR) is 99.8 cm³/mol. The summed E-state index contributed by atoms with van der Waals surface area (Å²) in [5.41, 5.74) is 2.54. The number of unbranched alkanes of at least 4 members (excludes halogenated alkanes) is 2. The minimum atomic E-state index is -0.364. The number of carbonyl (C=O) groups is 1. The van der Waals surface area contributed by atoms with Crippen molar-refractivity contribution in [2.24, 2.45) is 0 Å². The minimum Gasteiger partial charge on any atom is -0.423 e. The molecule has 0 saturated heterocycles. The van der Waals surface area contributed by atoms with Crippen LogP contribution < -0.4 is 10.1 Å². The maximum absolute atomic E-state index is 11.2. The lowest BCUT2D eigenvalue weighted by Gasteiger charge is -2.20. The maximum Gasteiger partial charge on any atom is 0.308 e. The molecule has 0 saturated carbocycles. The molecular weight excluding hydrogens is 314 g/mol. The number of carbonyl (C=O) groups excluding carboxylic acids is 1. The summed E-state index contributed by atoms with van der Waals surface area (Å²) in [5.74, 6) is 0.647. The molecule has 5 nitrogen and oxygen atoms in total. The van der Waals surface area contributed by atoms with Gasteiger partial charge in [0.15, 0.2) is 5.75 Å². The number of benzene rings is 1. The third-order valence-corrected chi connectivity index (χ3v) is 4.05. The van der Waals surface area contributed by atoms with E-state index in [9.17, 15) is 4.79 Å². The summed E-state index contributed by atoms with van der Waals surface area (Å²) >= 11 is 0. The average Bonchev–Trinajstić information content (AvgIpc) is 2.58. The summed E-state index contributed by atoms with van der Waals surface area (Å²) in [7, 11) is 0. The summed E-state index contributed by atoms with van der Waals surface area (Å²) in [6.07, 6.45) is 4.56. The van der Waals surface area contributed by atoms with Crippen molar-refractivity contribution in [3.8, 4) is 5.75 Å². The summed E-state index contributed by atoms with van der Waals surface area (Å²) in [4.78, 5) is 20.2. The van der Waals surface area contributed by atoms with Gasteiger partial charge in [0.25, 0.3) is 0 Å². The van der Waals surface area contributed by atoms with Crippen molar-refractivity contribution in [1.29, 1.82) is 0 Å². The Balaban J connectivity index is 2.21. The fraction of sp³-hybridized carbons (Fsp3) is 0.450. The van der Waals surface area contributed by atoms with Gasteiger partial charge in [-0.05, 0) is 25.8 Å². The topological polar surface area (TPSA) is 64.1 Å². The van der Waals surface area contributed by atoms with Gasteiger partial charge in [-0.15, -0.1) is 0 Å². The number of nitrogens with one attached hydrogen (secondary N) is 1. The zero-order chi connectivity index (χ0) is 18.2. The number of aryl methyl sites for hydroxylation is 2. The van der Waals surface area contributed by atoms with Gasteiger partial charge in [0.1, 0.15) is 0 Å². The minimum absolute atomic E-state index is 0.158. The normalized spacial score (nSPS) is 11.8. The van der Waals surface area contributed by atoms with Gasteiger partial charge < -0.3 is 10.1 Å². The molecule has 1 heterocycles. The Labute approximate surface area is 149 Å². The summed E-state index contributed by atoms with van der Waals surface area (Å²) in [5, 5.41) is 3.45. The van der Waals surface area contributed by atoms with Crippen LogP contribution in [0, 0.1) is 13.8 Å². The first-order valence-electron chi connectivity index (χ1n) is 8.86. The zero-order valence-electron chi connectivity index (χ0n) is 15.5. The summed E-state index contributed by atoms with van der Waals surface area (Å²) in [6, 6.07) is 10.5. The van der Waals surface area contributed by atoms with Crippen LogP contribution in [0.1, 0.15) is 62.5 Å². The highest BCUT2D eigenvalue weighted by molar-refractivity contribution is 5.70. The van der Waals surface area contributed by atoms with Crippen LogP contribution in [0.15, 0.2) is 30.3 Å². The molecule has 2 rings (SSSR count). The molecule has 1 unspecified atom stereocenters. The van der Waals surface area contributed by atoms with Gasteiger partial charge in [-0.25, -0.2) is 9.97 Å². The maximum atomic E-state index is 11.2. The molecule has 0 radical (unpaired) electrons. The third-order valence-electron chi connectivity index (χ3n) is 4.05. The van der Waals surface area contributed by atoms with Crippen molar-refractivity contribution in [3.05, 3.63) is 47.3 Å². The zero-order valence-corrected chi connectivity index (χ0v) is 15.5. The number of anilines is 1. The van der Waals surface area contributed by atoms with E-state index < -0.39 is 0 Å². The number of aromatic nitrogens is 2. The van der Waals surface area contributed by atoms with Crippen molar-refractivity contribution < 1.29 is 9.53 Å². The molecule has 0 aliphatic heterocycles. The summed E-state index contributed by atoms with van der Waals surface area (Å²) in [6.45, 7) is 7.23. The Hall–Kier alpha value is -2.43. The van der Waals surface area contributed by atoms with E-state index >= 15 is 0 Å². The van der Waals surface area contributed by atoms with Crippen LogP contribution in [0.2, 0.25) is 0 Å². The monoisotopic (exact) mass is 341 g/mol. The lowest BCUT2D eigenvalue weighted by molar-refractivity contribution is -0.132. The molecule has 0 bridgehead atoms. The average molecular weight is 341 g/mol.